The third-order valence-electron chi connectivity index (χ3n) is 5.90. The summed E-state index contributed by atoms with van der Waals surface area (Å²) in [5, 5.41) is 3.24. The van der Waals surface area contributed by atoms with E-state index in [1.807, 2.05) is 37.3 Å². The van der Waals surface area contributed by atoms with E-state index >= 15 is 0 Å². The van der Waals surface area contributed by atoms with Gasteiger partial charge in [0.15, 0.2) is 4.87 Å². The van der Waals surface area contributed by atoms with E-state index in [2.05, 4.69) is 5.32 Å². The summed E-state index contributed by atoms with van der Waals surface area (Å²) in [5.41, 5.74) is 3.88. The summed E-state index contributed by atoms with van der Waals surface area (Å²) in [7, 11) is 0. The van der Waals surface area contributed by atoms with Gasteiger partial charge in [0.25, 0.3) is 5.91 Å². The molecule has 3 aromatic rings. The molecule has 168 valence electrons. The largest absolute Gasteiger partial charge is 0.323 e. The van der Waals surface area contributed by atoms with Crippen LogP contribution in [-0.2, 0) is 16.2 Å². The van der Waals surface area contributed by atoms with Crippen molar-refractivity contribution in [3.63, 3.8) is 0 Å². The minimum Gasteiger partial charge on any atom is -0.308 e. The molecular formula is C25H21ClFN3O2S. The van der Waals surface area contributed by atoms with Crippen LogP contribution < -0.4 is 10.2 Å². The smallest absolute Gasteiger partial charge is 0.308 e. The average molecular weight is 482 g/mol. The second kappa shape index (κ2) is 8.39. The molecule has 0 radical (unpaired) electrons. The van der Waals surface area contributed by atoms with Crippen LogP contribution in [0, 0.1) is 12.7 Å². The van der Waals surface area contributed by atoms with Gasteiger partial charge in [-0.25, -0.2) is 9.18 Å². The fourth-order valence-electron chi connectivity index (χ4n) is 4.49. The number of rotatable bonds is 3. The van der Waals surface area contributed by atoms with Crippen molar-refractivity contribution in [2.45, 2.75) is 18.3 Å². The number of hydrogen-bond donors (Lipinski definition) is 1. The van der Waals surface area contributed by atoms with Crippen LogP contribution in [0.2, 0.25) is 5.02 Å². The van der Waals surface area contributed by atoms with Gasteiger partial charge in [0.1, 0.15) is 5.82 Å². The van der Waals surface area contributed by atoms with Crippen LogP contribution >= 0.6 is 23.4 Å². The molecule has 2 heterocycles. The predicted molar refractivity (Wildman–Crippen MR) is 130 cm³/mol. The van der Waals surface area contributed by atoms with Crippen LogP contribution in [-0.4, -0.2) is 29.1 Å². The van der Waals surface area contributed by atoms with E-state index < -0.39 is 16.7 Å². The molecule has 0 saturated carbocycles. The fraction of sp³-hybridized carbons (Fsp3) is 0.200. The van der Waals surface area contributed by atoms with E-state index in [0.29, 0.717) is 35.1 Å². The van der Waals surface area contributed by atoms with Crippen LogP contribution in [0.3, 0.4) is 0 Å². The van der Waals surface area contributed by atoms with Gasteiger partial charge in [-0.05, 0) is 48.9 Å². The van der Waals surface area contributed by atoms with Gasteiger partial charge in [0, 0.05) is 28.6 Å². The second-order valence-electron chi connectivity index (χ2n) is 8.13. The number of nitrogens with zero attached hydrogens (tertiary/aromatic N) is 2. The Morgan fingerprint density at radius 3 is 2.76 bits per heavy atom. The van der Waals surface area contributed by atoms with Gasteiger partial charge in [0.2, 0.25) is 0 Å². The van der Waals surface area contributed by atoms with Crippen molar-refractivity contribution in [3.05, 3.63) is 94.3 Å². The van der Waals surface area contributed by atoms with Gasteiger partial charge in [0.05, 0.1) is 12.2 Å². The van der Waals surface area contributed by atoms with Gasteiger partial charge >= 0.3 is 6.03 Å². The summed E-state index contributed by atoms with van der Waals surface area (Å²) in [5.74, 6) is -0.0399. The number of aryl methyl sites for hydroxylation is 1. The highest BCUT2D eigenvalue weighted by Crippen LogP contribution is 2.55. The van der Waals surface area contributed by atoms with E-state index in [-0.39, 0.29) is 5.91 Å². The summed E-state index contributed by atoms with van der Waals surface area (Å²) in [4.78, 5) is 29.3. The summed E-state index contributed by atoms with van der Waals surface area (Å²) in [6.07, 6.45) is 0. The lowest BCUT2D eigenvalue weighted by Gasteiger charge is -2.33. The normalized spacial score (nSPS) is 19.3. The van der Waals surface area contributed by atoms with Gasteiger partial charge in [-0.3, -0.25) is 9.69 Å². The zero-order chi connectivity index (χ0) is 23.2. The van der Waals surface area contributed by atoms with E-state index in [9.17, 15) is 14.0 Å². The van der Waals surface area contributed by atoms with Crippen molar-refractivity contribution < 1.29 is 14.0 Å². The number of thioether (sulfide) groups is 1. The maximum atomic E-state index is 14.0. The Hall–Kier alpha value is -3.03. The Morgan fingerprint density at radius 1 is 1.15 bits per heavy atom. The number of nitrogens with one attached hydrogen (secondary N) is 1. The van der Waals surface area contributed by atoms with Gasteiger partial charge in [-0.1, -0.05) is 47.5 Å². The Bertz CT molecular complexity index is 1270. The van der Waals surface area contributed by atoms with Crippen molar-refractivity contribution in [1.29, 1.82) is 0 Å². The molecule has 8 heteroatoms. The highest BCUT2D eigenvalue weighted by molar-refractivity contribution is 8.01. The number of carbonyl (C=O) groups excluding carboxylic acids is 2. The monoisotopic (exact) mass is 481 g/mol. The SMILES string of the molecule is Cc1cccc(CN2C(=O)C3(SCCN3C(=O)Nc3cccc(F)c3)c3cc(Cl)ccc32)c1. The highest BCUT2D eigenvalue weighted by atomic mass is 35.5. The Balaban J connectivity index is 1.54. The van der Waals surface area contributed by atoms with E-state index in [1.165, 1.54) is 34.9 Å². The molecule has 0 aliphatic carbocycles. The average Bonchev–Trinajstić information content (AvgIpc) is 3.31. The molecule has 0 bridgehead atoms. The molecule has 2 aliphatic rings. The first-order valence-corrected chi connectivity index (χ1v) is 11.9. The lowest BCUT2D eigenvalue weighted by molar-refractivity contribution is -0.123. The molecule has 0 aromatic heterocycles. The summed E-state index contributed by atoms with van der Waals surface area (Å²) >= 11 is 7.76. The quantitative estimate of drug-likeness (QED) is 0.517. The number of hydrogen-bond acceptors (Lipinski definition) is 3. The van der Waals surface area contributed by atoms with Crippen LogP contribution in [0.1, 0.15) is 16.7 Å². The number of fused-ring (bicyclic) bond motifs is 2. The minimum atomic E-state index is -1.22. The lowest BCUT2D eigenvalue weighted by atomic mass is 10.1. The molecule has 5 nitrogen and oxygen atoms in total. The number of amides is 3. The minimum absolute atomic E-state index is 0.182. The molecule has 1 spiro atoms. The number of benzene rings is 3. The Labute approximate surface area is 200 Å². The fourth-order valence-corrected chi connectivity index (χ4v) is 6.12. The summed E-state index contributed by atoms with van der Waals surface area (Å²) in [6, 6.07) is 18.6. The molecule has 1 saturated heterocycles. The Kier molecular flexibility index (Phi) is 5.54. The number of urea groups is 1. The molecule has 3 aromatic carbocycles. The molecule has 1 atom stereocenters. The maximum absolute atomic E-state index is 14.0. The lowest BCUT2D eigenvalue weighted by Crippen LogP contribution is -2.51. The first-order chi connectivity index (χ1) is 15.9. The molecule has 33 heavy (non-hydrogen) atoms. The van der Waals surface area contributed by atoms with E-state index in [1.54, 1.807) is 23.1 Å². The van der Waals surface area contributed by atoms with Crippen LogP contribution in [0.15, 0.2) is 66.7 Å². The number of anilines is 2. The maximum Gasteiger partial charge on any atom is 0.323 e. The van der Waals surface area contributed by atoms with Crippen molar-refractivity contribution in [2.75, 3.05) is 22.5 Å². The highest BCUT2D eigenvalue weighted by Gasteiger charge is 2.59. The third-order valence-corrected chi connectivity index (χ3v) is 7.55. The second-order valence-corrected chi connectivity index (χ2v) is 9.85. The van der Waals surface area contributed by atoms with Crippen LogP contribution in [0.4, 0.5) is 20.6 Å². The molecular weight excluding hydrogens is 461 g/mol. The third kappa shape index (κ3) is 3.75. The van der Waals surface area contributed by atoms with Crippen molar-refractivity contribution in [2.24, 2.45) is 0 Å². The van der Waals surface area contributed by atoms with E-state index in [0.717, 1.165) is 16.8 Å². The molecule has 5 rings (SSSR count). The number of carbonyl (C=O) groups is 2. The molecule has 1 unspecified atom stereocenters. The predicted octanol–water partition coefficient (Wildman–Crippen LogP) is 5.77. The van der Waals surface area contributed by atoms with Crippen molar-refractivity contribution >= 4 is 46.7 Å². The zero-order valence-corrected chi connectivity index (χ0v) is 19.4. The molecule has 2 aliphatic heterocycles. The zero-order valence-electron chi connectivity index (χ0n) is 17.8. The van der Waals surface area contributed by atoms with Crippen molar-refractivity contribution in [1.82, 2.24) is 4.90 Å². The molecule has 1 N–H and O–H groups in total. The Morgan fingerprint density at radius 2 is 1.97 bits per heavy atom. The first-order valence-electron chi connectivity index (χ1n) is 10.5. The van der Waals surface area contributed by atoms with Crippen LogP contribution in [0.25, 0.3) is 0 Å². The molecule has 1 fully saturated rings. The van der Waals surface area contributed by atoms with Crippen molar-refractivity contribution in [3.8, 4) is 0 Å². The topological polar surface area (TPSA) is 52.7 Å². The number of halogens is 2. The van der Waals surface area contributed by atoms with Crippen LogP contribution in [0.5, 0.6) is 0 Å². The molecule has 3 amide bonds. The first kappa shape index (κ1) is 21.8. The van der Waals surface area contributed by atoms with E-state index in [4.69, 9.17) is 11.6 Å². The van der Waals surface area contributed by atoms with Gasteiger partial charge < -0.3 is 10.2 Å². The standard InChI is InChI=1S/C25H21ClFN3O2S/c1-16-4-2-5-17(12-16)15-29-22-9-8-18(26)13-21(22)25(23(29)31)30(10-11-33-25)24(32)28-20-7-3-6-19(27)14-20/h2-9,12-14H,10-11,15H2,1H3,(H,28,32). The van der Waals surface area contributed by atoms with Gasteiger partial charge in [-0.2, -0.15) is 0 Å². The summed E-state index contributed by atoms with van der Waals surface area (Å²) in [6.45, 7) is 2.77. The van der Waals surface area contributed by atoms with Gasteiger partial charge in [-0.15, -0.1) is 11.8 Å². The summed E-state index contributed by atoms with van der Waals surface area (Å²) < 4.78 is 13.6.